The molecule has 2 fully saturated rings. The number of carbonyl (C=O) groups excluding carboxylic acids is 1. The smallest absolute Gasteiger partial charge is 0.253 e. The van der Waals surface area contributed by atoms with Crippen LogP contribution >= 0.6 is 0 Å². The SMILES string of the molecule is Cc1ncc(-c2ccc(N3CCN(C(=O)C4CN(Cc5ccccc5)CCO4)CC3)cc2)o1. The van der Waals surface area contributed by atoms with Crippen LogP contribution in [0.15, 0.2) is 65.2 Å². The molecule has 1 atom stereocenters. The maximum Gasteiger partial charge on any atom is 0.253 e. The van der Waals surface area contributed by atoms with E-state index in [1.54, 1.807) is 6.20 Å². The summed E-state index contributed by atoms with van der Waals surface area (Å²) in [6.07, 6.45) is 1.38. The maximum absolute atomic E-state index is 13.1. The van der Waals surface area contributed by atoms with Gasteiger partial charge in [0.05, 0.1) is 12.8 Å². The Kier molecular flexibility index (Phi) is 6.41. The standard InChI is InChI=1S/C26H30N4O3/c1-20-27-17-24(33-20)22-7-9-23(10-8-22)29-11-13-30(14-12-29)26(31)25-19-28(15-16-32-25)18-21-5-3-2-4-6-21/h2-10,17,25H,11-16,18-19H2,1H3. The Labute approximate surface area is 194 Å². The summed E-state index contributed by atoms with van der Waals surface area (Å²) in [5, 5.41) is 0. The largest absolute Gasteiger partial charge is 0.441 e. The lowest BCUT2D eigenvalue weighted by Crippen LogP contribution is -2.55. The van der Waals surface area contributed by atoms with Crippen LogP contribution in [0.25, 0.3) is 11.3 Å². The minimum absolute atomic E-state index is 0.114. The molecule has 0 radical (unpaired) electrons. The third-order valence-electron chi connectivity index (χ3n) is 6.40. The van der Waals surface area contributed by atoms with Gasteiger partial charge in [0.2, 0.25) is 0 Å². The monoisotopic (exact) mass is 446 g/mol. The van der Waals surface area contributed by atoms with Crippen molar-refractivity contribution in [2.24, 2.45) is 0 Å². The van der Waals surface area contributed by atoms with Crippen LogP contribution in [-0.4, -0.2) is 72.7 Å². The number of aromatic nitrogens is 1. The summed E-state index contributed by atoms with van der Waals surface area (Å²) in [5.41, 5.74) is 3.44. The van der Waals surface area contributed by atoms with E-state index in [0.717, 1.165) is 43.2 Å². The van der Waals surface area contributed by atoms with Gasteiger partial charge < -0.3 is 19.0 Å². The Morgan fingerprint density at radius 1 is 1.00 bits per heavy atom. The number of morpholine rings is 1. The van der Waals surface area contributed by atoms with E-state index in [-0.39, 0.29) is 12.0 Å². The topological polar surface area (TPSA) is 62.1 Å². The number of hydrogen-bond acceptors (Lipinski definition) is 6. The van der Waals surface area contributed by atoms with Crippen LogP contribution in [-0.2, 0) is 16.1 Å². The highest BCUT2D eigenvalue weighted by Crippen LogP contribution is 2.25. The fourth-order valence-electron chi connectivity index (χ4n) is 4.56. The number of rotatable bonds is 5. The van der Waals surface area contributed by atoms with E-state index < -0.39 is 0 Å². The zero-order valence-electron chi connectivity index (χ0n) is 19.0. The van der Waals surface area contributed by atoms with Crippen molar-refractivity contribution >= 4 is 11.6 Å². The van der Waals surface area contributed by atoms with Crippen LogP contribution in [0.4, 0.5) is 5.69 Å². The number of hydrogen-bond donors (Lipinski definition) is 0. The molecule has 3 aromatic rings. The third-order valence-corrected chi connectivity index (χ3v) is 6.40. The van der Waals surface area contributed by atoms with E-state index in [2.05, 4.69) is 63.3 Å². The minimum atomic E-state index is -0.376. The van der Waals surface area contributed by atoms with Crippen LogP contribution in [0.1, 0.15) is 11.5 Å². The predicted octanol–water partition coefficient (Wildman–Crippen LogP) is 3.20. The van der Waals surface area contributed by atoms with Gasteiger partial charge in [-0.1, -0.05) is 30.3 Å². The van der Waals surface area contributed by atoms with Gasteiger partial charge >= 0.3 is 0 Å². The van der Waals surface area contributed by atoms with E-state index in [9.17, 15) is 4.79 Å². The third kappa shape index (κ3) is 5.10. The van der Waals surface area contributed by atoms with Gasteiger partial charge in [-0.05, 0) is 29.8 Å². The second-order valence-corrected chi connectivity index (χ2v) is 8.68. The van der Waals surface area contributed by atoms with Gasteiger partial charge in [-0.15, -0.1) is 0 Å². The average Bonchev–Trinajstić information content (AvgIpc) is 3.31. The number of oxazole rings is 1. The Hall–Kier alpha value is -3.16. The number of aryl methyl sites for hydroxylation is 1. The van der Waals surface area contributed by atoms with Crippen LogP contribution in [0.3, 0.4) is 0 Å². The van der Waals surface area contributed by atoms with Crippen LogP contribution in [0, 0.1) is 6.92 Å². The molecule has 172 valence electrons. The van der Waals surface area contributed by atoms with E-state index in [4.69, 9.17) is 9.15 Å². The molecule has 1 amide bonds. The van der Waals surface area contributed by atoms with Crippen molar-refractivity contribution in [1.82, 2.24) is 14.8 Å². The number of carbonyl (C=O) groups is 1. The van der Waals surface area contributed by atoms with E-state index in [0.29, 0.717) is 32.1 Å². The number of amides is 1. The summed E-state index contributed by atoms with van der Waals surface area (Å²) in [7, 11) is 0. The number of nitrogens with zero attached hydrogens (tertiary/aromatic N) is 4. The van der Waals surface area contributed by atoms with Gasteiger partial charge in [0.15, 0.2) is 11.7 Å². The second kappa shape index (κ2) is 9.77. The number of piperazine rings is 1. The molecule has 2 saturated heterocycles. The molecule has 7 nitrogen and oxygen atoms in total. The van der Waals surface area contributed by atoms with Gasteiger partial charge in [0.25, 0.3) is 5.91 Å². The van der Waals surface area contributed by atoms with E-state index >= 15 is 0 Å². The first-order chi connectivity index (χ1) is 16.2. The molecule has 0 N–H and O–H groups in total. The summed E-state index contributed by atoms with van der Waals surface area (Å²) in [5.74, 6) is 1.56. The van der Waals surface area contributed by atoms with Crippen LogP contribution in [0.5, 0.6) is 0 Å². The summed E-state index contributed by atoms with van der Waals surface area (Å²) in [6.45, 7) is 7.84. The van der Waals surface area contributed by atoms with Crippen molar-refractivity contribution in [3.8, 4) is 11.3 Å². The Morgan fingerprint density at radius 3 is 2.45 bits per heavy atom. The van der Waals surface area contributed by atoms with E-state index in [1.165, 1.54) is 5.56 Å². The lowest BCUT2D eigenvalue weighted by molar-refractivity contribution is -0.150. The van der Waals surface area contributed by atoms with Crippen molar-refractivity contribution in [3.63, 3.8) is 0 Å². The zero-order valence-corrected chi connectivity index (χ0v) is 19.0. The molecular weight excluding hydrogens is 416 g/mol. The lowest BCUT2D eigenvalue weighted by Gasteiger charge is -2.39. The first kappa shape index (κ1) is 21.7. The molecule has 2 aliphatic heterocycles. The molecule has 2 aliphatic rings. The van der Waals surface area contributed by atoms with Crippen molar-refractivity contribution in [2.75, 3.05) is 50.8 Å². The highest BCUT2D eigenvalue weighted by atomic mass is 16.5. The highest BCUT2D eigenvalue weighted by Gasteiger charge is 2.32. The first-order valence-corrected chi connectivity index (χ1v) is 11.6. The molecular formula is C26H30N4O3. The lowest BCUT2D eigenvalue weighted by atomic mass is 10.1. The summed E-state index contributed by atoms with van der Waals surface area (Å²) in [4.78, 5) is 23.9. The van der Waals surface area contributed by atoms with Gasteiger partial charge in [0, 0.05) is 64.0 Å². The first-order valence-electron chi connectivity index (χ1n) is 11.6. The molecule has 0 aliphatic carbocycles. The van der Waals surface area contributed by atoms with Crippen molar-refractivity contribution in [3.05, 3.63) is 72.2 Å². The normalized spacial score (nSPS) is 19.6. The van der Waals surface area contributed by atoms with Crippen LogP contribution < -0.4 is 4.90 Å². The second-order valence-electron chi connectivity index (χ2n) is 8.68. The zero-order chi connectivity index (χ0) is 22.6. The Balaban J connectivity index is 1.14. The maximum atomic E-state index is 13.1. The molecule has 7 heteroatoms. The minimum Gasteiger partial charge on any atom is -0.441 e. The summed E-state index contributed by atoms with van der Waals surface area (Å²) in [6, 6.07) is 18.7. The fraction of sp³-hybridized carbons (Fsp3) is 0.385. The van der Waals surface area contributed by atoms with Gasteiger partial charge in [-0.3, -0.25) is 9.69 Å². The summed E-state index contributed by atoms with van der Waals surface area (Å²) >= 11 is 0. The number of ether oxygens (including phenoxy) is 1. The van der Waals surface area contributed by atoms with Gasteiger partial charge in [0.1, 0.15) is 6.10 Å². The van der Waals surface area contributed by atoms with Crippen LogP contribution in [0.2, 0.25) is 0 Å². The molecule has 0 bridgehead atoms. The quantitative estimate of drug-likeness (QED) is 0.600. The van der Waals surface area contributed by atoms with E-state index in [1.807, 2.05) is 17.9 Å². The molecule has 0 spiro atoms. The predicted molar refractivity (Wildman–Crippen MR) is 127 cm³/mol. The van der Waals surface area contributed by atoms with Gasteiger partial charge in [-0.25, -0.2) is 4.98 Å². The summed E-state index contributed by atoms with van der Waals surface area (Å²) < 4.78 is 11.5. The Bertz CT molecular complexity index is 1060. The molecule has 33 heavy (non-hydrogen) atoms. The number of anilines is 1. The molecule has 3 heterocycles. The molecule has 0 saturated carbocycles. The highest BCUT2D eigenvalue weighted by molar-refractivity contribution is 5.81. The molecule has 2 aromatic carbocycles. The Morgan fingerprint density at radius 2 is 1.76 bits per heavy atom. The molecule has 1 aromatic heterocycles. The molecule has 5 rings (SSSR count). The van der Waals surface area contributed by atoms with Gasteiger partial charge in [-0.2, -0.15) is 0 Å². The average molecular weight is 447 g/mol. The fourth-order valence-corrected chi connectivity index (χ4v) is 4.56. The van der Waals surface area contributed by atoms with Crippen molar-refractivity contribution in [2.45, 2.75) is 19.6 Å². The van der Waals surface area contributed by atoms with Crippen molar-refractivity contribution in [1.29, 1.82) is 0 Å². The number of benzene rings is 2. The van der Waals surface area contributed by atoms with Crippen molar-refractivity contribution < 1.29 is 13.9 Å². The molecule has 1 unspecified atom stereocenters.